The number of carbonyl (C=O) groups excluding carboxylic acids is 2. The second kappa shape index (κ2) is 10.5. The zero-order chi connectivity index (χ0) is 25.0. The highest BCUT2D eigenvalue weighted by Crippen LogP contribution is 2.44. The van der Waals surface area contributed by atoms with Crippen LogP contribution in [-0.2, 0) is 19.1 Å². The third kappa shape index (κ3) is 5.03. The van der Waals surface area contributed by atoms with E-state index >= 15 is 0 Å². The molecule has 1 aliphatic heterocycles. The molecule has 1 fully saturated rings. The summed E-state index contributed by atoms with van der Waals surface area (Å²) >= 11 is 0. The number of ether oxygens (including phenoxy) is 2. The minimum Gasteiger partial charge on any atom is -0.480 e. The highest BCUT2D eigenvalue weighted by molar-refractivity contribution is 5.88. The van der Waals surface area contributed by atoms with Crippen LogP contribution in [0.3, 0.4) is 0 Å². The van der Waals surface area contributed by atoms with E-state index < -0.39 is 35.5 Å². The summed E-state index contributed by atoms with van der Waals surface area (Å²) in [6.07, 6.45) is 1.22. The number of carbonyl (C=O) groups is 3. The highest BCUT2D eigenvalue weighted by Gasteiger charge is 2.48. The van der Waals surface area contributed by atoms with Crippen LogP contribution in [-0.4, -0.2) is 55.0 Å². The summed E-state index contributed by atoms with van der Waals surface area (Å²) in [5.74, 6) is -1.60. The molecule has 2 aromatic carbocycles. The molecule has 4 rings (SSSR count). The number of nitrogens with one attached hydrogen (secondary N) is 2. The van der Waals surface area contributed by atoms with Crippen molar-refractivity contribution in [2.45, 2.75) is 51.1 Å². The molecule has 2 aliphatic rings. The number of benzene rings is 2. The maximum atomic E-state index is 13.0. The number of amides is 2. The summed E-state index contributed by atoms with van der Waals surface area (Å²) in [4.78, 5) is 37.3. The molecule has 35 heavy (non-hydrogen) atoms. The topological polar surface area (TPSA) is 114 Å². The molecule has 0 spiro atoms. The fourth-order valence-corrected chi connectivity index (χ4v) is 4.87. The van der Waals surface area contributed by atoms with Crippen molar-refractivity contribution in [3.05, 3.63) is 59.7 Å². The number of aliphatic carboxylic acids is 1. The van der Waals surface area contributed by atoms with Crippen molar-refractivity contribution in [3.8, 4) is 11.1 Å². The number of carboxylic acids is 1. The summed E-state index contributed by atoms with van der Waals surface area (Å²) in [5.41, 5.74) is 3.40. The lowest BCUT2D eigenvalue weighted by Gasteiger charge is -2.30. The van der Waals surface area contributed by atoms with E-state index in [1.807, 2.05) is 43.3 Å². The van der Waals surface area contributed by atoms with Gasteiger partial charge in [-0.2, -0.15) is 0 Å². The van der Waals surface area contributed by atoms with Gasteiger partial charge in [-0.3, -0.25) is 4.79 Å². The van der Waals surface area contributed by atoms with Gasteiger partial charge in [0, 0.05) is 5.92 Å². The van der Waals surface area contributed by atoms with Crippen molar-refractivity contribution in [1.82, 2.24) is 10.6 Å². The zero-order valence-electron chi connectivity index (χ0n) is 20.1. The molecule has 8 heteroatoms. The number of unbranched alkanes of at least 4 members (excludes halogenated alkanes) is 1. The van der Waals surface area contributed by atoms with E-state index in [0.717, 1.165) is 28.7 Å². The summed E-state index contributed by atoms with van der Waals surface area (Å²) in [5, 5.41) is 14.9. The monoisotopic (exact) mass is 480 g/mol. The van der Waals surface area contributed by atoms with Gasteiger partial charge in [-0.15, -0.1) is 0 Å². The van der Waals surface area contributed by atoms with Gasteiger partial charge in [0.05, 0.1) is 24.7 Å². The molecule has 1 saturated heterocycles. The molecule has 0 saturated carbocycles. The van der Waals surface area contributed by atoms with Crippen LogP contribution in [0.4, 0.5) is 4.79 Å². The van der Waals surface area contributed by atoms with Crippen LogP contribution >= 0.6 is 0 Å². The van der Waals surface area contributed by atoms with Gasteiger partial charge in [-0.25, -0.2) is 9.59 Å². The van der Waals surface area contributed by atoms with E-state index in [4.69, 9.17) is 9.47 Å². The van der Waals surface area contributed by atoms with E-state index in [9.17, 15) is 19.5 Å². The van der Waals surface area contributed by atoms with E-state index in [0.29, 0.717) is 12.8 Å². The summed E-state index contributed by atoms with van der Waals surface area (Å²) in [7, 11) is 0. The Morgan fingerprint density at radius 2 is 1.74 bits per heavy atom. The minimum atomic E-state index is -1.11. The molecule has 1 heterocycles. The molecule has 0 radical (unpaired) electrons. The second-order valence-corrected chi connectivity index (χ2v) is 9.46. The second-order valence-electron chi connectivity index (χ2n) is 9.46. The number of fused-ring (bicyclic) bond motifs is 3. The molecule has 186 valence electrons. The van der Waals surface area contributed by atoms with Crippen molar-refractivity contribution in [2.24, 2.45) is 5.41 Å². The summed E-state index contributed by atoms with van der Waals surface area (Å²) in [6, 6.07) is 14.6. The normalized spacial score (nSPS) is 21.6. The lowest BCUT2D eigenvalue weighted by molar-refractivity contribution is -0.144. The Hall–Kier alpha value is -3.39. The number of rotatable bonds is 9. The number of carboxylic acid groups (broad SMARTS) is 1. The van der Waals surface area contributed by atoms with Gasteiger partial charge in [0.25, 0.3) is 0 Å². The first-order valence-electron chi connectivity index (χ1n) is 12.1. The van der Waals surface area contributed by atoms with E-state index in [1.54, 1.807) is 6.92 Å². The fourth-order valence-electron chi connectivity index (χ4n) is 4.87. The zero-order valence-corrected chi connectivity index (χ0v) is 20.1. The molecule has 8 nitrogen and oxygen atoms in total. The standard InChI is InChI=1S/C27H32N2O6/c1-3-4-13-22(24(30)31)28-25(32)27(2)16-34-15-23(27)29-26(33)35-14-21-19-11-7-5-9-17(19)18-10-6-8-12-20(18)21/h5-12,21-23H,3-4,13-16H2,1-2H3,(H,28,32)(H,29,33)(H,30,31)/t22-,23?,27?/m0/s1. The van der Waals surface area contributed by atoms with Crippen LogP contribution in [0.1, 0.15) is 50.2 Å². The van der Waals surface area contributed by atoms with Crippen molar-refractivity contribution < 1.29 is 29.0 Å². The average molecular weight is 481 g/mol. The Kier molecular flexibility index (Phi) is 7.40. The number of alkyl carbamates (subject to hydrolysis) is 1. The van der Waals surface area contributed by atoms with Crippen molar-refractivity contribution >= 4 is 18.0 Å². The van der Waals surface area contributed by atoms with Crippen molar-refractivity contribution in [1.29, 1.82) is 0 Å². The first-order valence-corrected chi connectivity index (χ1v) is 12.1. The quantitative estimate of drug-likeness (QED) is 0.504. The smallest absolute Gasteiger partial charge is 0.407 e. The van der Waals surface area contributed by atoms with Crippen LogP contribution < -0.4 is 10.6 Å². The maximum absolute atomic E-state index is 13.0. The molecule has 1 aliphatic carbocycles. The van der Waals surface area contributed by atoms with E-state index in [2.05, 4.69) is 22.8 Å². The fraction of sp³-hybridized carbons (Fsp3) is 0.444. The molecule has 2 unspecified atom stereocenters. The predicted molar refractivity (Wildman–Crippen MR) is 130 cm³/mol. The lowest BCUT2D eigenvalue weighted by atomic mass is 9.84. The molecule has 2 amide bonds. The number of hydrogen-bond acceptors (Lipinski definition) is 5. The van der Waals surface area contributed by atoms with Crippen LogP contribution in [0.15, 0.2) is 48.5 Å². The Balaban J connectivity index is 1.39. The molecular formula is C27H32N2O6. The average Bonchev–Trinajstić information content (AvgIpc) is 3.38. The van der Waals surface area contributed by atoms with Crippen LogP contribution in [0.2, 0.25) is 0 Å². The van der Waals surface area contributed by atoms with Gasteiger partial charge < -0.3 is 25.2 Å². The third-order valence-corrected chi connectivity index (χ3v) is 7.06. The Morgan fingerprint density at radius 3 is 2.34 bits per heavy atom. The molecule has 3 atom stereocenters. The van der Waals surface area contributed by atoms with Gasteiger partial charge in [-0.05, 0) is 35.6 Å². The Labute approximate surface area is 205 Å². The minimum absolute atomic E-state index is 0.0717. The predicted octanol–water partition coefficient (Wildman–Crippen LogP) is 3.69. The SMILES string of the molecule is CCCC[C@H](NC(=O)C1(C)COCC1NC(=O)OCC1c2ccccc2-c2ccccc21)C(=O)O. The van der Waals surface area contributed by atoms with Gasteiger partial charge in [0.15, 0.2) is 0 Å². The summed E-state index contributed by atoms with van der Waals surface area (Å²) in [6.45, 7) is 4.01. The molecular weight excluding hydrogens is 448 g/mol. The van der Waals surface area contributed by atoms with E-state index in [1.165, 1.54) is 0 Å². The van der Waals surface area contributed by atoms with Crippen molar-refractivity contribution in [2.75, 3.05) is 19.8 Å². The third-order valence-electron chi connectivity index (χ3n) is 7.06. The van der Waals surface area contributed by atoms with Gasteiger partial charge in [0.2, 0.25) is 5.91 Å². The van der Waals surface area contributed by atoms with Crippen LogP contribution in [0.5, 0.6) is 0 Å². The summed E-state index contributed by atoms with van der Waals surface area (Å²) < 4.78 is 11.1. The van der Waals surface area contributed by atoms with Crippen LogP contribution in [0, 0.1) is 5.41 Å². The van der Waals surface area contributed by atoms with E-state index in [-0.39, 0.29) is 25.7 Å². The first-order chi connectivity index (χ1) is 16.8. The number of hydrogen-bond donors (Lipinski definition) is 3. The van der Waals surface area contributed by atoms with Gasteiger partial charge in [0.1, 0.15) is 12.6 Å². The van der Waals surface area contributed by atoms with Gasteiger partial charge >= 0.3 is 12.1 Å². The largest absolute Gasteiger partial charge is 0.480 e. The first kappa shape index (κ1) is 24.7. The van der Waals surface area contributed by atoms with Crippen molar-refractivity contribution in [3.63, 3.8) is 0 Å². The lowest BCUT2D eigenvalue weighted by Crippen LogP contribution is -2.56. The van der Waals surface area contributed by atoms with Crippen LogP contribution in [0.25, 0.3) is 11.1 Å². The maximum Gasteiger partial charge on any atom is 0.407 e. The molecule has 0 aromatic heterocycles. The Morgan fingerprint density at radius 1 is 1.11 bits per heavy atom. The van der Waals surface area contributed by atoms with Gasteiger partial charge in [-0.1, -0.05) is 68.3 Å². The Bertz CT molecular complexity index is 1060. The highest BCUT2D eigenvalue weighted by atomic mass is 16.5. The molecule has 3 N–H and O–H groups in total. The molecule has 2 aromatic rings. The molecule has 0 bridgehead atoms.